The van der Waals surface area contributed by atoms with E-state index in [1.807, 2.05) is 54.6 Å². The normalized spacial score (nSPS) is 10.8. The maximum atomic E-state index is 12.9. The number of pyridine rings is 1. The van der Waals surface area contributed by atoms with Crippen molar-refractivity contribution in [3.8, 4) is 0 Å². The zero-order valence-corrected chi connectivity index (χ0v) is 18.4. The quantitative estimate of drug-likeness (QED) is 0.386. The minimum absolute atomic E-state index is 0.0784. The van der Waals surface area contributed by atoms with Crippen LogP contribution in [0.5, 0.6) is 0 Å². The fraction of sp³-hybridized carbons (Fsp3) is 0.200. The lowest BCUT2D eigenvalue weighted by Crippen LogP contribution is -2.34. The van der Waals surface area contributed by atoms with Crippen LogP contribution in [0.25, 0.3) is 10.8 Å². The summed E-state index contributed by atoms with van der Waals surface area (Å²) in [5, 5.41) is 7.80. The highest BCUT2D eigenvalue weighted by Crippen LogP contribution is 2.19. The number of hydrogen-bond donors (Lipinski definition) is 3. The van der Waals surface area contributed by atoms with E-state index in [0.29, 0.717) is 24.6 Å². The molecule has 1 amide bonds. The van der Waals surface area contributed by atoms with Crippen molar-refractivity contribution in [1.29, 1.82) is 0 Å². The Morgan fingerprint density at radius 3 is 2.70 bits per heavy atom. The number of carbonyl (C=O) groups excluding carboxylic acids is 1. The lowest BCUT2D eigenvalue weighted by molar-refractivity contribution is -0.121. The standard InChI is InChI=1S/C25H26N6O2/c1-17-14-30-24(28-11-9-18-5-3-2-4-6-18)25(33)31(17)16-22(32)29-15-19-7-8-21-20(13-19)10-12-27-23(21)26/h2-8,10,12-14H,9,11,15-16H2,1H3,(H2,26,27)(H,28,30)(H,29,32). The molecule has 0 atom stereocenters. The van der Waals surface area contributed by atoms with Crippen molar-refractivity contribution in [2.24, 2.45) is 0 Å². The van der Waals surface area contributed by atoms with Gasteiger partial charge in [-0.05, 0) is 42.0 Å². The molecule has 4 aromatic rings. The summed E-state index contributed by atoms with van der Waals surface area (Å²) in [6.45, 7) is 2.60. The van der Waals surface area contributed by atoms with Gasteiger partial charge >= 0.3 is 0 Å². The number of nitrogen functional groups attached to an aromatic ring is 1. The SMILES string of the molecule is Cc1cnc(NCCc2ccccc2)c(=O)n1CC(=O)NCc1ccc2c(N)nccc2c1. The highest BCUT2D eigenvalue weighted by atomic mass is 16.2. The molecule has 2 aromatic carbocycles. The summed E-state index contributed by atoms with van der Waals surface area (Å²) in [6.07, 6.45) is 4.02. The number of hydrogen-bond acceptors (Lipinski definition) is 6. The average molecular weight is 443 g/mol. The van der Waals surface area contributed by atoms with E-state index in [1.165, 1.54) is 10.1 Å². The van der Waals surface area contributed by atoms with Crippen LogP contribution in [0.4, 0.5) is 11.6 Å². The fourth-order valence-electron chi connectivity index (χ4n) is 3.62. The minimum Gasteiger partial charge on any atom is -0.383 e. The van der Waals surface area contributed by atoms with Crippen LogP contribution in [0.1, 0.15) is 16.8 Å². The van der Waals surface area contributed by atoms with Gasteiger partial charge in [-0.25, -0.2) is 9.97 Å². The van der Waals surface area contributed by atoms with E-state index in [2.05, 4.69) is 20.6 Å². The van der Waals surface area contributed by atoms with Gasteiger partial charge in [0.05, 0.1) is 0 Å². The van der Waals surface area contributed by atoms with Crippen molar-refractivity contribution in [1.82, 2.24) is 19.9 Å². The van der Waals surface area contributed by atoms with Crippen molar-refractivity contribution in [3.05, 3.63) is 94.2 Å². The molecule has 0 fully saturated rings. The first-order chi connectivity index (χ1) is 16.0. The molecule has 8 nitrogen and oxygen atoms in total. The third-order valence-corrected chi connectivity index (χ3v) is 5.45. The summed E-state index contributed by atoms with van der Waals surface area (Å²) in [6, 6.07) is 17.6. The van der Waals surface area contributed by atoms with E-state index in [4.69, 9.17) is 5.73 Å². The first-order valence-electron chi connectivity index (χ1n) is 10.8. The Kier molecular flexibility index (Phi) is 6.64. The van der Waals surface area contributed by atoms with E-state index < -0.39 is 0 Å². The van der Waals surface area contributed by atoms with Gasteiger partial charge in [-0.1, -0.05) is 42.5 Å². The lowest BCUT2D eigenvalue weighted by atomic mass is 10.1. The van der Waals surface area contributed by atoms with Crippen molar-refractivity contribution in [3.63, 3.8) is 0 Å². The third-order valence-electron chi connectivity index (χ3n) is 5.45. The van der Waals surface area contributed by atoms with Gasteiger partial charge in [0.2, 0.25) is 5.91 Å². The molecule has 0 bridgehead atoms. The number of nitrogens with two attached hydrogens (primary N) is 1. The summed E-state index contributed by atoms with van der Waals surface area (Å²) < 4.78 is 1.43. The zero-order valence-electron chi connectivity index (χ0n) is 18.4. The Morgan fingerprint density at radius 2 is 1.88 bits per heavy atom. The number of anilines is 2. The predicted molar refractivity (Wildman–Crippen MR) is 130 cm³/mol. The van der Waals surface area contributed by atoms with Gasteiger partial charge in [-0.15, -0.1) is 0 Å². The largest absolute Gasteiger partial charge is 0.383 e. The molecule has 4 rings (SSSR count). The van der Waals surface area contributed by atoms with Crippen LogP contribution in [-0.2, 0) is 24.3 Å². The van der Waals surface area contributed by atoms with Gasteiger partial charge in [-0.3, -0.25) is 14.2 Å². The van der Waals surface area contributed by atoms with Gasteiger partial charge in [-0.2, -0.15) is 0 Å². The number of fused-ring (bicyclic) bond motifs is 1. The Labute approximate surface area is 191 Å². The predicted octanol–water partition coefficient (Wildman–Crippen LogP) is 2.65. The first kappa shape index (κ1) is 22.0. The molecule has 2 aromatic heterocycles. The average Bonchev–Trinajstić information content (AvgIpc) is 2.82. The zero-order chi connectivity index (χ0) is 23.2. The molecule has 4 N–H and O–H groups in total. The van der Waals surface area contributed by atoms with Gasteiger partial charge in [0.1, 0.15) is 12.4 Å². The monoisotopic (exact) mass is 442 g/mol. The van der Waals surface area contributed by atoms with Crippen molar-refractivity contribution >= 4 is 28.3 Å². The van der Waals surface area contributed by atoms with Crippen LogP contribution in [0.3, 0.4) is 0 Å². The minimum atomic E-state index is -0.313. The maximum absolute atomic E-state index is 12.9. The molecule has 0 radical (unpaired) electrons. The first-order valence-corrected chi connectivity index (χ1v) is 10.8. The van der Waals surface area contributed by atoms with E-state index in [1.54, 1.807) is 19.3 Å². The molecule has 0 saturated carbocycles. The molecular weight excluding hydrogens is 416 g/mol. The van der Waals surface area contributed by atoms with Gasteiger partial charge in [0.25, 0.3) is 5.56 Å². The summed E-state index contributed by atoms with van der Waals surface area (Å²) in [4.78, 5) is 33.7. The summed E-state index contributed by atoms with van der Waals surface area (Å²) >= 11 is 0. The summed E-state index contributed by atoms with van der Waals surface area (Å²) in [5.41, 5.74) is 8.31. The van der Waals surface area contributed by atoms with Crippen LogP contribution in [-0.4, -0.2) is 27.0 Å². The molecule has 0 aliphatic rings. The Balaban J connectivity index is 1.38. The second kappa shape index (κ2) is 9.95. The topological polar surface area (TPSA) is 115 Å². The number of aryl methyl sites for hydroxylation is 1. The molecule has 0 unspecified atom stereocenters. The van der Waals surface area contributed by atoms with E-state index in [-0.39, 0.29) is 23.8 Å². The van der Waals surface area contributed by atoms with Gasteiger partial charge < -0.3 is 16.4 Å². The number of nitrogens with one attached hydrogen (secondary N) is 2. The van der Waals surface area contributed by atoms with Crippen LogP contribution >= 0.6 is 0 Å². The Morgan fingerprint density at radius 1 is 1.06 bits per heavy atom. The number of rotatable bonds is 8. The summed E-state index contributed by atoms with van der Waals surface area (Å²) in [5.74, 6) is 0.463. The van der Waals surface area contributed by atoms with Crippen LogP contribution in [0.15, 0.2) is 71.8 Å². The number of nitrogens with zero attached hydrogens (tertiary/aromatic N) is 3. The van der Waals surface area contributed by atoms with Crippen molar-refractivity contribution in [2.45, 2.75) is 26.4 Å². The molecule has 8 heteroatoms. The number of amides is 1. The highest BCUT2D eigenvalue weighted by molar-refractivity contribution is 5.91. The molecule has 0 saturated heterocycles. The van der Waals surface area contributed by atoms with E-state index in [0.717, 1.165) is 22.8 Å². The Hall–Kier alpha value is -4.20. The third kappa shape index (κ3) is 5.35. The molecule has 33 heavy (non-hydrogen) atoms. The molecule has 0 aliphatic carbocycles. The molecule has 168 valence electrons. The second-order valence-corrected chi connectivity index (χ2v) is 7.83. The van der Waals surface area contributed by atoms with E-state index >= 15 is 0 Å². The molecule has 2 heterocycles. The van der Waals surface area contributed by atoms with Crippen molar-refractivity contribution in [2.75, 3.05) is 17.6 Å². The number of benzene rings is 2. The molecular formula is C25H26N6O2. The van der Waals surface area contributed by atoms with Crippen molar-refractivity contribution < 1.29 is 4.79 Å². The van der Waals surface area contributed by atoms with Gasteiger partial charge in [0.15, 0.2) is 5.82 Å². The highest BCUT2D eigenvalue weighted by Gasteiger charge is 2.12. The van der Waals surface area contributed by atoms with Crippen LogP contribution in [0, 0.1) is 6.92 Å². The number of aromatic nitrogens is 3. The fourth-order valence-corrected chi connectivity index (χ4v) is 3.62. The lowest BCUT2D eigenvalue weighted by Gasteiger charge is -2.13. The number of carbonyl (C=O) groups is 1. The van der Waals surface area contributed by atoms with E-state index in [9.17, 15) is 9.59 Å². The summed E-state index contributed by atoms with van der Waals surface area (Å²) in [7, 11) is 0. The smallest absolute Gasteiger partial charge is 0.293 e. The second-order valence-electron chi connectivity index (χ2n) is 7.83. The van der Waals surface area contributed by atoms with Gasteiger partial charge in [0, 0.05) is 36.6 Å². The Bertz CT molecular complexity index is 1330. The maximum Gasteiger partial charge on any atom is 0.293 e. The van der Waals surface area contributed by atoms with Crippen LogP contribution in [0.2, 0.25) is 0 Å². The van der Waals surface area contributed by atoms with Crippen LogP contribution < -0.4 is 21.9 Å². The molecule has 0 aliphatic heterocycles. The molecule has 0 spiro atoms.